The number of nitrogens with one attached hydrogen (secondary N) is 1. The zero-order valence-corrected chi connectivity index (χ0v) is 15.7. The molecular weight excluding hydrogens is 379 g/mol. The first-order chi connectivity index (χ1) is 13.5. The zero-order chi connectivity index (χ0) is 19.7. The van der Waals surface area contributed by atoms with Crippen molar-refractivity contribution in [3.63, 3.8) is 0 Å². The summed E-state index contributed by atoms with van der Waals surface area (Å²) in [5.41, 5.74) is 0.0361. The number of benzene rings is 2. The quantitative estimate of drug-likeness (QED) is 0.619. The predicted octanol–water partition coefficient (Wildman–Crippen LogP) is 4.55. The van der Waals surface area contributed by atoms with Gasteiger partial charge in [-0.3, -0.25) is 0 Å². The van der Waals surface area contributed by atoms with E-state index in [4.69, 9.17) is 4.74 Å². The fourth-order valence-electron chi connectivity index (χ4n) is 3.25. The van der Waals surface area contributed by atoms with E-state index in [1.807, 2.05) is 36.4 Å². The minimum absolute atomic E-state index is 0.102. The Morgan fingerprint density at radius 2 is 2.07 bits per heavy atom. The van der Waals surface area contributed by atoms with Crippen molar-refractivity contribution in [1.29, 1.82) is 0 Å². The van der Waals surface area contributed by atoms with Crippen molar-refractivity contribution in [2.24, 2.45) is 0 Å². The van der Waals surface area contributed by atoms with E-state index >= 15 is 0 Å². The number of methoxy groups -OCH3 is 1. The van der Waals surface area contributed by atoms with Gasteiger partial charge in [-0.15, -0.1) is 0 Å². The van der Waals surface area contributed by atoms with Gasteiger partial charge in [-0.05, 0) is 35.9 Å². The fraction of sp³-hybridized carbons (Fsp3) is 0.143. The summed E-state index contributed by atoms with van der Waals surface area (Å²) in [5, 5.41) is 13.4. The van der Waals surface area contributed by atoms with Crippen molar-refractivity contribution in [3.05, 3.63) is 83.9 Å². The Balaban J connectivity index is 1.72. The Kier molecular flexibility index (Phi) is 4.60. The lowest BCUT2D eigenvalue weighted by Gasteiger charge is -2.32. The largest absolute Gasteiger partial charge is 0.498 e. The van der Waals surface area contributed by atoms with E-state index in [2.05, 4.69) is 10.3 Å². The molecule has 2 unspecified atom stereocenters. The van der Waals surface area contributed by atoms with Gasteiger partial charge in [0.05, 0.1) is 17.3 Å². The molecule has 0 saturated heterocycles. The maximum absolute atomic E-state index is 13.5. The van der Waals surface area contributed by atoms with Crippen LogP contribution in [0.2, 0.25) is 0 Å². The molecule has 4 rings (SSSR count). The Bertz CT molecular complexity index is 1090. The van der Waals surface area contributed by atoms with Crippen molar-refractivity contribution >= 4 is 32.7 Å². The molecule has 142 valence electrons. The van der Waals surface area contributed by atoms with Gasteiger partial charge >= 0.3 is 5.97 Å². The van der Waals surface area contributed by atoms with Gasteiger partial charge in [0.2, 0.25) is 5.54 Å². The lowest BCUT2D eigenvalue weighted by Crippen LogP contribution is -2.48. The van der Waals surface area contributed by atoms with E-state index in [0.717, 1.165) is 5.56 Å². The average Bonchev–Trinajstić information content (AvgIpc) is 3.09. The molecule has 5 nitrogen and oxygen atoms in total. The molecule has 1 aromatic heterocycles. The SMILES string of the molecule is COC1=CC(c2ccccc2)C=CC1(Nc1nc2ccc(F)cc2s1)C(=O)O. The lowest BCUT2D eigenvalue weighted by atomic mass is 9.84. The van der Waals surface area contributed by atoms with Crippen LogP contribution in [0, 0.1) is 5.82 Å². The number of aliphatic carboxylic acids is 1. The number of thiazole rings is 1. The number of hydrogen-bond donors (Lipinski definition) is 2. The Hall–Kier alpha value is -3.19. The highest BCUT2D eigenvalue weighted by molar-refractivity contribution is 7.22. The van der Waals surface area contributed by atoms with Gasteiger partial charge in [-0.2, -0.15) is 0 Å². The van der Waals surface area contributed by atoms with Crippen LogP contribution in [0.15, 0.2) is 72.5 Å². The Morgan fingerprint density at radius 1 is 1.29 bits per heavy atom. The monoisotopic (exact) mass is 396 g/mol. The molecule has 1 aliphatic rings. The van der Waals surface area contributed by atoms with Gasteiger partial charge in [-0.25, -0.2) is 14.2 Å². The van der Waals surface area contributed by atoms with Crippen LogP contribution >= 0.6 is 11.3 Å². The number of rotatable bonds is 5. The van der Waals surface area contributed by atoms with E-state index < -0.39 is 11.5 Å². The number of anilines is 1. The summed E-state index contributed by atoms with van der Waals surface area (Å²) in [7, 11) is 1.44. The summed E-state index contributed by atoms with van der Waals surface area (Å²) in [6.07, 6.45) is 5.19. The summed E-state index contributed by atoms with van der Waals surface area (Å²) in [5.74, 6) is -1.32. The van der Waals surface area contributed by atoms with Crippen LogP contribution in [-0.4, -0.2) is 28.7 Å². The topological polar surface area (TPSA) is 71.5 Å². The van der Waals surface area contributed by atoms with Crippen LogP contribution in [0.4, 0.5) is 9.52 Å². The zero-order valence-electron chi connectivity index (χ0n) is 14.9. The van der Waals surface area contributed by atoms with Crippen molar-refractivity contribution < 1.29 is 19.0 Å². The van der Waals surface area contributed by atoms with Crippen LogP contribution in [0.1, 0.15) is 11.5 Å². The first kappa shape index (κ1) is 18.2. The van der Waals surface area contributed by atoms with Crippen molar-refractivity contribution in [1.82, 2.24) is 4.98 Å². The van der Waals surface area contributed by atoms with Crippen molar-refractivity contribution in [2.75, 3.05) is 12.4 Å². The molecule has 3 aromatic rings. The van der Waals surface area contributed by atoms with E-state index in [1.54, 1.807) is 18.2 Å². The second kappa shape index (κ2) is 7.09. The third-order valence-corrected chi connectivity index (χ3v) is 5.60. The number of carbonyl (C=O) groups is 1. The van der Waals surface area contributed by atoms with Gasteiger partial charge in [0.25, 0.3) is 0 Å². The molecule has 7 heteroatoms. The summed E-state index contributed by atoms with van der Waals surface area (Å²) in [6.45, 7) is 0. The molecule has 2 aromatic carbocycles. The molecule has 0 bridgehead atoms. The smallest absolute Gasteiger partial charge is 0.341 e. The first-order valence-electron chi connectivity index (χ1n) is 8.60. The molecular formula is C21H17FN2O3S. The van der Waals surface area contributed by atoms with E-state index in [9.17, 15) is 14.3 Å². The lowest BCUT2D eigenvalue weighted by molar-refractivity contribution is -0.140. The van der Waals surface area contributed by atoms with E-state index in [-0.39, 0.29) is 17.5 Å². The first-order valence-corrected chi connectivity index (χ1v) is 9.42. The van der Waals surface area contributed by atoms with E-state index in [0.29, 0.717) is 15.3 Å². The third-order valence-electron chi connectivity index (χ3n) is 4.67. The number of halogens is 1. The number of carboxylic acids is 1. The molecule has 1 aliphatic carbocycles. The van der Waals surface area contributed by atoms with Crippen molar-refractivity contribution in [3.8, 4) is 0 Å². The van der Waals surface area contributed by atoms with Crippen LogP contribution < -0.4 is 5.32 Å². The predicted molar refractivity (Wildman–Crippen MR) is 107 cm³/mol. The van der Waals surface area contributed by atoms with Gasteiger partial charge in [0, 0.05) is 5.92 Å². The third kappa shape index (κ3) is 3.14. The van der Waals surface area contributed by atoms with E-state index in [1.165, 1.54) is 30.6 Å². The standard InChI is InChI=1S/C21H17FN2O3S/c1-27-18-11-14(13-5-3-2-4-6-13)9-10-21(18,19(25)26)24-20-23-16-8-7-15(22)12-17(16)28-20/h2-12,14H,1H3,(H,23,24)(H,25,26). The highest BCUT2D eigenvalue weighted by atomic mass is 32.1. The maximum Gasteiger partial charge on any atom is 0.341 e. The number of allylic oxidation sites excluding steroid dienone is 2. The highest BCUT2D eigenvalue weighted by Gasteiger charge is 2.44. The molecule has 2 N–H and O–H groups in total. The van der Waals surface area contributed by atoms with Gasteiger partial charge in [-0.1, -0.05) is 47.7 Å². The Labute approximate surface area is 164 Å². The normalized spacial score (nSPS) is 21.4. The average molecular weight is 396 g/mol. The molecule has 28 heavy (non-hydrogen) atoms. The Morgan fingerprint density at radius 3 is 2.79 bits per heavy atom. The molecule has 0 amide bonds. The van der Waals surface area contributed by atoms with Gasteiger partial charge in [0.1, 0.15) is 11.6 Å². The summed E-state index contributed by atoms with van der Waals surface area (Å²) in [4.78, 5) is 16.6. The number of hydrogen-bond acceptors (Lipinski definition) is 5. The number of aromatic nitrogens is 1. The molecule has 0 spiro atoms. The molecule has 0 radical (unpaired) electrons. The van der Waals surface area contributed by atoms with Crippen LogP contribution in [0.25, 0.3) is 10.2 Å². The second-order valence-corrected chi connectivity index (χ2v) is 7.43. The minimum atomic E-state index is -1.59. The minimum Gasteiger partial charge on any atom is -0.498 e. The van der Waals surface area contributed by atoms with Crippen LogP contribution in [0.3, 0.4) is 0 Å². The molecule has 0 fully saturated rings. The number of nitrogens with zero attached hydrogens (tertiary/aromatic N) is 1. The summed E-state index contributed by atoms with van der Waals surface area (Å²) in [6, 6.07) is 14.0. The van der Waals surface area contributed by atoms with Gasteiger partial charge < -0.3 is 15.2 Å². The molecule has 0 aliphatic heterocycles. The summed E-state index contributed by atoms with van der Waals surface area (Å²) < 4.78 is 19.6. The molecule has 1 heterocycles. The number of carboxylic acid groups (broad SMARTS) is 1. The van der Waals surface area contributed by atoms with Crippen LogP contribution in [0.5, 0.6) is 0 Å². The summed E-state index contributed by atoms with van der Waals surface area (Å²) >= 11 is 1.19. The van der Waals surface area contributed by atoms with Crippen LogP contribution in [-0.2, 0) is 9.53 Å². The molecule has 2 atom stereocenters. The number of ether oxygens (including phenoxy) is 1. The van der Waals surface area contributed by atoms with Gasteiger partial charge in [0.15, 0.2) is 5.13 Å². The fourth-order valence-corrected chi connectivity index (χ4v) is 4.20. The molecule has 0 saturated carbocycles. The van der Waals surface area contributed by atoms with Crippen molar-refractivity contribution in [2.45, 2.75) is 11.5 Å². The highest BCUT2D eigenvalue weighted by Crippen LogP contribution is 2.37. The maximum atomic E-state index is 13.5. The number of fused-ring (bicyclic) bond motifs is 1. The second-order valence-electron chi connectivity index (χ2n) is 6.40.